The Morgan fingerprint density at radius 1 is 1.00 bits per heavy atom. The fourth-order valence-electron chi connectivity index (χ4n) is 2.59. The molecule has 2 aromatic carbocycles. The van der Waals surface area contributed by atoms with Gasteiger partial charge in [-0.15, -0.1) is 0 Å². The van der Waals surface area contributed by atoms with Crippen molar-refractivity contribution >= 4 is 11.5 Å². The summed E-state index contributed by atoms with van der Waals surface area (Å²) in [7, 11) is 0. The Hall–Kier alpha value is -2.35. The molecule has 0 atom stereocenters. The van der Waals surface area contributed by atoms with Crippen LogP contribution in [0.1, 0.15) is 27.8 Å². The van der Waals surface area contributed by atoms with Crippen LogP contribution in [-0.2, 0) is 0 Å². The van der Waals surface area contributed by atoms with E-state index in [0.717, 1.165) is 17.1 Å². The monoisotopic (exact) mass is 278 g/mol. The summed E-state index contributed by atoms with van der Waals surface area (Å²) in [5.41, 5.74) is 7.11. The summed E-state index contributed by atoms with van der Waals surface area (Å²) in [5, 5.41) is 3.48. The molecule has 0 aliphatic rings. The van der Waals surface area contributed by atoms with Gasteiger partial charge in [0.1, 0.15) is 5.84 Å². The predicted molar refractivity (Wildman–Crippen MR) is 92.2 cm³/mol. The third kappa shape index (κ3) is 3.40. The average Bonchev–Trinajstić information content (AvgIpc) is 2.42. The molecule has 0 unspecified atom stereocenters. The zero-order valence-electron chi connectivity index (χ0n) is 13.2. The Kier molecular flexibility index (Phi) is 4.59. The maximum Gasteiger partial charge on any atom is 0.137 e. The van der Waals surface area contributed by atoms with Crippen LogP contribution in [0.3, 0.4) is 0 Å². The normalized spacial score (nSPS) is 11.3. The quantitative estimate of drug-likeness (QED) is 0.625. The smallest absolute Gasteiger partial charge is 0.137 e. The predicted octanol–water partition coefficient (Wildman–Crippen LogP) is 4.92. The Morgan fingerprint density at radius 3 is 2.19 bits per heavy atom. The molecule has 0 fully saturated rings. The van der Waals surface area contributed by atoms with Gasteiger partial charge in [0.15, 0.2) is 0 Å². The van der Waals surface area contributed by atoms with Crippen molar-refractivity contribution in [3.05, 3.63) is 77.0 Å². The fraction of sp³-hybridized carbons (Fsp3) is 0.211. The molecular formula is C19H22N2. The number of aliphatic imine (C=N–C) groups is 1. The summed E-state index contributed by atoms with van der Waals surface area (Å²) in [6.45, 7) is 12.2. The van der Waals surface area contributed by atoms with E-state index in [1.807, 2.05) is 12.1 Å². The van der Waals surface area contributed by atoms with Crippen molar-refractivity contribution in [1.29, 1.82) is 0 Å². The number of amidine groups is 1. The Bertz CT molecular complexity index is 673. The number of hydrogen-bond donors (Lipinski definition) is 1. The number of benzene rings is 2. The first-order chi connectivity index (χ1) is 10.0. The molecule has 0 amide bonds. The Morgan fingerprint density at radius 2 is 1.62 bits per heavy atom. The zero-order valence-corrected chi connectivity index (χ0v) is 13.2. The van der Waals surface area contributed by atoms with Crippen molar-refractivity contribution in [3.8, 4) is 0 Å². The summed E-state index contributed by atoms with van der Waals surface area (Å²) in [6.07, 6.45) is 1.58. The van der Waals surface area contributed by atoms with Crippen LogP contribution < -0.4 is 5.32 Å². The number of hydrogen-bond acceptors (Lipinski definition) is 1. The number of nitrogens with zero attached hydrogens (tertiary/aromatic N) is 1. The van der Waals surface area contributed by atoms with E-state index in [2.05, 4.69) is 68.8 Å². The molecule has 0 heterocycles. The molecule has 21 heavy (non-hydrogen) atoms. The molecule has 2 aromatic rings. The number of nitrogens with one attached hydrogen (secondary N) is 1. The SMILES string of the molecule is C=CN=C(Nc1c(C)cc(C)cc1C)c1ccccc1C. The molecule has 0 aliphatic carbocycles. The van der Waals surface area contributed by atoms with Gasteiger partial charge in [0.2, 0.25) is 0 Å². The molecule has 2 rings (SSSR count). The molecule has 2 heteroatoms. The fourth-order valence-corrected chi connectivity index (χ4v) is 2.59. The lowest BCUT2D eigenvalue weighted by atomic mass is 10.0. The summed E-state index contributed by atoms with van der Waals surface area (Å²) in [6, 6.07) is 12.6. The van der Waals surface area contributed by atoms with Crippen LogP contribution in [0.2, 0.25) is 0 Å². The highest BCUT2D eigenvalue weighted by atomic mass is 15.0. The highest BCUT2D eigenvalue weighted by Gasteiger charge is 2.10. The van der Waals surface area contributed by atoms with Gasteiger partial charge in [0.25, 0.3) is 0 Å². The first-order valence-electron chi connectivity index (χ1n) is 7.12. The summed E-state index contributed by atoms with van der Waals surface area (Å²) < 4.78 is 0. The second-order valence-electron chi connectivity index (χ2n) is 5.37. The molecular weight excluding hydrogens is 256 g/mol. The summed E-state index contributed by atoms with van der Waals surface area (Å²) >= 11 is 0. The number of rotatable bonds is 3. The molecule has 0 saturated heterocycles. The lowest BCUT2D eigenvalue weighted by molar-refractivity contribution is 1.31. The van der Waals surface area contributed by atoms with E-state index in [9.17, 15) is 0 Å². The Labute approximate surface area is 127 Å². The molecule has 0 spiro atoms. The van der Waals surface area contributed by atoms with E-state index in [1.165, 1.54) is 22.3 Å². The van der Waals surface area contributed by atoms with Crippen molar-refractivity contribution in [1.82, 2.24) is 0 Å². The van der Waals surface area contributed by atoms with Crippen LogP contribution in [0.5, 0.6) is 0 Å². The topological polar surface area (TPSA) is 24.4 Å². The van der Waals surface area contributed by atoms with E-state index < -0.39 is 0 Å². The first-order valence-corrected chi connectivity index (χ1v) is 7.12. The van der Waals surface area contributed by atoms with Gasteiger partial charge >= 0.3 is 0 Å². The van der Waals surface area contributed by atoms with Crippen molar-refractivity contribution in [3.63, 3.8) is 0 Å². The molecule has 2 nitrogen and oxygen atoms in total. The van der Waals surface area contributed by atoms with Crippen LogP contribution in [0, 0.1) is 27.7 Å². The first kappa shape index (κ1) is 15.0. The maximum atomic E-state index is 4.42. The van der Waals surface area contributed by atoms with Crippen molar-refractivity contribution in [2.45, 2.75) is 27.7 Å². The van der Waals surface area contributed by atoms with Gasteiger partial charge in [-0.2, -0.15) is 0 Å². The van der Waals surface area contributed by atoms with Crippen molar-refractivity contribution in [2.75, 3.05) is 5.32 Å². The summed E-state index contributed by atoms with van der Waals surface area (Å²) in [5.74, 6) is 0.832. The van der Waals surface area contributed by atoms with Gasteiger partial charge in [-0.1, -0.05) is 48.5 Å². The van der Waals surface area contributed by atoms with Gasteiger partial charge in [0.05, 0.1) is 0 Å². The van der Waals surface area contributed by atoms with Gasteiger partial charge in [-0.05, 0) is 44.4 Å². The highest BCUT2D eigenvalue weighted by molar-refractivity contribution is 6.10. The molecule has 0 radical (unpaired) electrons. The minimum absolute atomic E-state index is 0.832. The molecule has 1 N–H and O–H groups in total. The molecule has 0 aromatic heterocycles. The van der Waals surface area contributed by atoms with E-state index in [-0.39, 0.29) is 0 Å². The largest absolute Gasteiger partial charge is 0.339 e. The third-order valence-corrected chi connectivity index (χ3v) is 3.54. The minimum atomic E-state index is 0.832. The number of aryl methyl sites for hydroxylation is 4. The van der Waals surface area contributed by atoms with Gasteiger partial charge in [-0.3, -0.25) is 0 Å². The third-order valence-electron chi connectivity index (χ3n) is 3.54. The summed E-state index contributed by atoms with van der Waals surface area (Å²) in [4.78, 5) is 4.42. The van der Waals surface area contributed by atoms with Gasteiger partial charge in [-0.25, -0.2) is 4.99 Å². The van der Waals surface area contributed by atoms with E-state index in [4.69, 9.17) is 0 Å². The highest BCUT2D eigenvalue weighted by Crippen LogP contribution is 2.23. The van der Waals surface area contributed by atoms with Crippen molar-refractivity contribution < 1.29 is 0 Å². The van der Waals surface area contributed by atoms with E-state index in [1.54, 1.807) is 6.20 Å². The second kappa shape index (κ2) is 6.40. The zero-order chi connectivity index (χ0) is 15.4. The van der Waals surface area contributed by atoms with Crippen LogP contribution in [0.25, 0.3) is 0 Å². The average molecular weight is 278 g/mol. The standard InChI is InChI=1S/C19H22N2/c1-6-20-19(17-10-8-7-9-14(17)3)21-18-15(4)11-13(2)12-16(18)5/h6-12H,1H2,2-5H3,(H,20,21). The molecule has 0 bridgehead atoms. The molecule has 0 aliphatic heterocycles. The lowest BCUT2D eigenvalue weighted by Crippen LogP contribution is -2.16. The molecule has 108 valence electrons. The maximum absolute atomic E-state index is 4.42. The van der Waals surface area contributed by atoms with Crippen LogP contribution >= 0.6 is 0 Å². The van der Waals surface area contributed by atoms with Crippen LogP contribution in [0.15, 0.2) is 54.2 Å². The molecule has 0 saturated carbocycles. The van der Waals surface area contributed by atoms with E-state index >= 15 is 0 Å². The van der Waals surface area contributed by atoms with E-state index in [0.29, 0.717) is 0 Å². The Balaban J connectivity index is 2.46. The van der Waals surface area contributed by atoms with Gasteiger partial charge < -0.3 is 5.32 Å². The lowest BCUT2D eigenvalue weighted by Gasteiger charge is -2.16. The van der Waals surface area contributed by atoms with Crippen LogP contribution in [0.4, 0.5) is 5.69 Å². The number of anilines is 1. The van der Waals surface area contributed by atoms with Crippen LogP contribution in [-0.4, -0.2) is 5.84 Å². The van der Waals surface area contributed by atoms with Gasteiger partial charge in [0, 0.05) is 17.5 Å². The minimum Gasteiger partial charge on any atom is -0.339 e. The second-order valence-corrected chi connectivity index (χ2v) is 5.37. The van der Waals surface area contributed by atoms with Crippen molar-refractivity contribution in [2.24, 2.45) is 4.99 Å².